The summed E-state index contributed by atoms with van der Waals surface area (Å²) in [7, 11) is 3.31. The number of halogens is 3. The summed E-state index contributed by atoms with van der Waals surface area (Å²) in [5, 5.41) is 11.9. The van der Waals surface area contributed by atoms with Crippen molar-refractivity contribution in [2.24, 2.45) is 0 Å². The molecule has 1 aromatic rings. The number of piperazine rings is 1. The van der Waals surface area contributed by atoms with Gasteiger partial charge >= 0.3 is 12.2 Å². The number of rotatable bonds is 4. The molecule has 1 aromatic carbocycles. The molecule has 0 unspecified atom stereocenters. The third kappa shape index (κ3) is 5.49. The fourth-order valence-corrected chi connectivity index (χ4v) is 3.22. The van der Waals surface area contributed by atoms with E-state index in [9.17, 15) is 23.1 Å². The van der Waals surface area contributed by atoms with Gasteiger partial charge in [-0.05, 0) is 32.0 Å². The molecule has 152 valence electrons. The first-order valence-corrected chi connectivity index (χ1v) is 8.85. The van der Waals surface area contributed by atoms with Gasteiger partial charge in [-0.2, -0.15) is 13.2 Å². The Bertz CT molecular complexity index is 664. The van der Waals surface area contributed by atoms with E-state index in [0.29, 0.717) is 31.9 Å². The van der Waals surface area contributed by atoms with Gasteiger partial charge in [0, 0.05) is 52.0 Å². The van der Waals surface area contributed by atoms with Crippen molar-refractivity contribution in [1.29, 1.82) is 0 Å². The lowest BCUT2D eigenvalue weighted by molar-refractivity contribution is -0.136. The van der Waals surface area contributed by atoms with E-state index in [2.05, 4.69) is 5.32 Å². The van der Waals surface area contributed by atoms with Crippen molar-refractivity contribution in [3.8, 4) is 0 Å². The van der Waals surface area contributed by atoms with Crippen LogP contribution in [0.25, 0.3) is 0 Å². The molecule has 2 atom stereocenters. The van der Waals surface area contributed by atoms with Gasteiger partial charge in [0.15, 0.2) is 0 Å². The summed E-state index contributed by atoms with van der Waals surface area (Å²) < 4.78 is 40.3. The minimum Gasteiger partial charge on any atom is -0.392 e. The molecule has 27 heavy (non-hydrogen) atoms. The molecule has 1 saturated heterocycles. The van der Waals surface area contributed by atoms with Crippen LogP contribution in [0.5, 0.6) is 0 Å². The quantitative estimate of drug-likeness (QED) is 0.833. The third-order valence-electron chi connectivity index (χ3n) is 4.56. The molecule has 0 aromatic heterocycles. The summed E-state index contributed by atoms with van der Waals surface area (Å²) in [5.74, 6) is 0. The zero-order chi connectivity index (χ0) is 20.4. The molecule has 1 fully saturated rings. The number of carbonyl (C=O) groups is 1. The number of amides is 2. The number of benzene rings is 1. The number of alkyl halides is 3. The van der Waals surface area contributed by atoms with Crippen LogP contribution in [0.3, 0.4) is 0 Å². The minimum atomic E-state index is -4.57. The maximum atomic E-state index is 13.4. The van der Waals surface area contributed by atoms with Crippen molar-refractivity contribution < 1.29 is 23.1 Å². The second-order valence-electron chi connectivity index (χ2n) is 7.20. The molecule has 0 spiro atoms. The van der Waals surface area contributed by atoms with Crippen LogP contribution in [0.1, 0.15) is 19.4 Å². The number of nitrogens with one attached hydrogen (secondary N) is 1. The van der Waals surface area contributed by atoms with Gasteiger partial charge in [0.2, 0.25) is 0 Å². The molecule has 2 rings (SSSR count). The van der Waals surface area contributed by atoms with Gasteiger partial charge in [0.05, 0.1) is 17.4 Å². The number of anilines is 2. The van der Waals surface area contributed by atoms with E-state index in [0.717, 1.165) is 6.07 Å². The van der Waals surface area contributed by atoms with Gasteiger partial charge in [0.25, 0.3) is 0 Å². The van der Waals surface area contributed by atoms with Crippen molar-refractivity contribution in [2.45, 2.75) is 32.2 Å². The molecular formula is C18H27F3N4O2. The summed E-state index contributed by atoms with van der Waals surface area (Å²) in [6.45, 7) is 5.55. The van der Waals surface area contributed by atoms with Gasteiger partial charge in [-0.3, -0.25) is 4.90 Å². The first kappa shape index (κ1) is 21.3. The van der Waals surface area contributed by atoms with E-state index in [1.165, 1.54) is 17.0 Å². The van der Waals surface area contributed by atoms with Crippen LogP contribution in [-0.2, 0) is 6.18 Å². The highest BCUT2D eigenvalue weighted by Crippen LogP contribution is 2.37. The average Bonchev–Trinajstić information content (AvgIpc) is 2.53. The van der Waals surface area contributed by atoms with Crippen molar-refractivity contribution in [2.75, 3.05) is 50.5 Å². The Morgan fingerprint density at radius 3 is 2.56 bits per heavy atom. The van der Waals surface area contributed by atoms with E-state index < -0.39 is 23.9 Å². The van der Waals surface area contributed by atoms with Gasteiger partial charge in [0.1, 0.15) is 0 Å². The average molecular weight is 388 g/mol. The lowest BCUT2D eigenvalue weighted by atomic mass is 10.1. The Morgan fingerprint density at radius 2 is 2.04 bits per heavy atom. The molecule has 0 radical (unpaired) electrons. The number of urea groups is 1. The number of carbonyl (C=O) groups excluding carboxylic acids is 1. The number of hydrogen-bond donors (Lipinski definition) is 2. The number of hydrogen-bond acceptors (Lipinski definition) is 4. The summed E-state index contributed by atoms with van der Waals surface area (Å²) >= 11 is 0. The molecule has 0 aliphatic carbocycles. The molecule has 2 amide bonds. The van der Waals surface area contributed by atoms with Gasteiger partial charge < -0.3 is 20.2 Å². The summed E-state index contributed by atoms with van der Waals surface area (Å²) in [6, 6.07) is 3.12. The monoisotopic (exact) mass is 388 g/mol. The van der Waals surface area contributed by atoms with Crippen LogP contribution in [0.2, 0.25) is 0 Å². The van der Waals surface area contributed by atoms with Crippen LogP contribution in [0.15, 0.2) is 18.2 Å². The van der Waals surface area contributed by atoms with Crippen molar-refractivity contribution in [3.05, 3.63) is 23.8 Å². The maximum Gasteiger partial charge on any atom is 0.418 e. The summed E-state index contributed by atoms with van der Waals surface area (Å²) in [6.07, 6.45) is -5.04. The Morgan fingerprint density at radius 1 is 1.37 bits per heavy atom. The standard InChI is InChI=1S/C18H27F3N4O2/c1-12-10-24(11-13(2)26)7-8-25(12)17(27)22-16-6-5-14(23(3)4)9-15(16)18(19,20)21/h5-6,9,12-13,26H,7-8,10-11H2,1-4H3,(H,22,27)/t12-,13-/m0/s1. The minimum absolute atomic E-state index is 0.173. The number of nitrogens with zero attached hydrogens (tertiary/aromatic N) is 3. The van der Waals surface area contributed by atoms with E-state index in [4.69, 9.17) is 0 Å². The Hall–Kier alpha value is -2.00. The maximum absolute atomic E-state index is 13.4. The molecule has 0 bridgehead atoms. The fraction of sp³-hybridized carbons (Fsp3) is 0.611. The van der Waals surface area contributed by atoms with Crippen LogP contribution in [-0.4, -0.2) is 73.4 Å². The second kappa shape index (κ2) is 8.35. The molecule has 6 nitrogen and oxygen atoms in total. The summed E-state index contributed by atoms with van der Waals surface area (Å²) in [5.41, 5.74) is -0.723. The van der Waals surface area contributed by atoms with Crippen LogP contribution >= 0.6 is 0 Å². The van der Waals surface area contributed by atoms with Crippen molar-refractivity contribution in [1.82, 2.24) is 9.80 Å². The Labute approximate surface area is 157 Å². The lowest BCUT2D eigenvalue weighted by Gasteiger charge is -2.40. The van der Waals surface area contributed by atoms with E-state index >= 15 is 0 Å². The van der Waals surface area contributed by atoms with Gasteiger partial charge in [-0.1, -0.05) is 0 Å². The zero-order valence-electron chi connectivity index (χ0n) is 16.0. The van der Waals surface area contributed by atoms with Crippen LogP contribution in [0.4, 0.5) is 29.3 Å². The Kier molecular flexibility index (Phi) is 6.59. The largest absolute Gasteiger partial charge is 0.418 e. The third-order valence-corrected chi connectivity index (χ3v) is 4.56. The molecule has 1 heterocycles. The zero-order valence-corrected chi connectivity index (χ0v) is 16.0. The van der Waals surface area contributed by atoms with Crippen molar-refractivity contribution >= 4 is 17.4 Å². The smallest absolute Gasteiger partial charge is 0.392 e. The predicted octanol–water partition coefficient (Wildman–Crippen LogP) is 2.69. The highest BCUT2D eigenvalue weighted by atomic mass is 19.4. The van der Waals surface area contributed by atoms with Crippen molar-refractivity contribution in [3.63, 3.8) is 0 Å². The molecule has 1 aliphatic heterocycles. The van der Waals surface area contributed by atoms with E-state index in [1.54, 1.807) is 25.9 Å². The number of aliphatic hydroxyl groups is 1. The predicted molar refractivity (Wildman–Crippen MR) is 99.1 cm³/mol. The van der Waals surface area contributed by atoms with E-state index in [-0.39, 0.29) is 11.7 Å². The lowest BCUT2D eigenvalue weighted by Crippen LogP contribution is -2.56. The topological polar surface area (TPSA) is 59.1 Å². The first-order valence-electron chi connectivity index (χ1n) is 8.85. The fourth-order valence-electron chi connectivity index (χ4n) is 3.22. The first-order chi connectivity index (χ1) is 12.5. The highest BCUT2D eigenvalue weighted by Gasteiger charge is 2.35. The number of aliphatic hydroxyl groups excluding tert-OH is 1. The van der Waals surface area contributed by atoms with Gasteiger partial charge in [-0.25, -0.2) is 4.79 Å². The van der Waals surface area contributed by atoms with Gasteiger partial charge in [-0.15, -0.1) is 0 Å². The normalized spacial score (nSPS) is 19.7. The highest BCUT2D eigenvalue weighted by molar-refractivity contribution is 5.91. The molecule has 2 N–H and O–H groups in total. The SMILES string of the molecule is C[C@H](O)CN1CCN(C(=O)Nc2ccc(N(C)C)cc2C(F)(F)F)[C@@H](C)C1. The second-order valence-corrected chi connectivity index (χ2v) is 7.20. The van der Waals surface area contributed by atoms with Crippen LogP contribution in [0, 0.1) is 0 Å². The molecule has 0 saturated carbocycles. The summed E-state index contributed by atoms with van der Waals surface area (Å²) in [4.78, 5) is 17.7. The molecule has 9 heteroatoms. The van der Waals surface area contributed by atoms with E-state index in [1.807, 2.05) is 11.8 Å². The molecular weight excluding hydrogens is 361 g/mol. The Balaban J connectivity index is 2.14. The molecule has 1 aliphatic rings. The van der Waals surface area contributed by atoms with Crippen LogP contribution < -0.4 is 10.2 Å². The number of β-amino-alcohol motifs (C(OH)–C–C–N with tert-alkyl or cyclic N) is 1.